The number of halogens is 2. The highest BCUT2D eigenvalue weighted by Gasteiger charge is 2.30. The van der Waals surface area contributed by atoms with Gasteiger partial charge < -0.3 is 4.74 Å². The van der Waals surface area contributed by atoms with E-state index in [-0.39, 0.29) is 14.9 Å². The van der Waals surface area contributed by atoms with Crippen molar-refractivity contribution in [1.82, 2.24) is 19.4 Å². The molecule has 0 bridgehead atoms. The summed E-state index contributed by atoms with van der Waals surface area (Å²) in [7, 11) is -3.67. The van der Waals surface area contributed by atoms with Crippen molar-refractivity contribution in [3.63, 3.8) is 0 Å². The second-order valence-corrected chi connectivity index (χ2v) is 9.34. The summed E-state index contributed by atoms with van der Waals surface area (Å²) in [4.78, 5) is 2.19. The molecule has 0 N–H and O–H groups in total. The molecule has 2 heterocycles. The fourth-order valence-electron chi connectivity index (χ4n) is 2.63. The van der Waals surface area contributed by atoms with Gasteiger partial charge in [-0.1, -0.05) is 40.6 Å². The lowest BCUT2D eigenvalue weighted by atomic mass is 10.3. The van der Waals surface area contributed by atoms with Gasteiger partial charge in [0.1, 0.15) is 9.90 Å². The van der Waals surface area contributed by atoms with Crippen LogP contribution < -0.4 is 4.74 Å². The van der Waals surface area contributed by atoms with Crippen LogP contribution in [0.5, 0.6) is 5.19 Å². The molecule has 3 rings (SSSR count). The van der Waals surface area contributed by atoms with Gasteiger partial charge in [-0.25, -0.2) is 8.42 Å². The molecule has 1 fully saturated rings. The molecule has 2 aromatic rings. The average Bonchev–Trinajstić information content (AvgIpc) is 3.05. The molecule has 142 valence electrons. The highest BCUT2D eigenvalue weighted by atomic mass is 35.5. The molecule has 0 unspecified atom stereocenters. The van der Waals surface area contributed by atoms with Crippen LogP contribution in [0.2, 0.25) is 10.0 Å². The van der Waals surface area contributed by atoms with Crippen molar-refractivity contribution in [3.8, 4) is 5.19 Å². The fraction of sp³-hybridized carbons (Fsp3) is 0.467. The van der Waals surface area contributed by atoms with Gasteiger partial charge in [0.15, 0.2) is 0 Å². The molecular weight excluding hydrogens is 419 g/mol. The SMILES string of the molecule is CCOc1nnc(CN2CCN(S(=O)(=O)c3cccc(Cl)c3Cl)CC2)s1. The van der Waals surface area contributed by atoms with Gasteiger partial charge in [-0.05, 0) is 19.1 Å². The van der Waals surface area contributed by atoms with Gasteiger partial charge >= 0.3 is 0 Å². The molecule has 1 saturated heterocycles. The Labute approximate surface area is 166 Å². The Balaban J connectivity index is 1.63. The number of ether oxygens (including phenoxy) is 1. The summed E-state index contributed by atoms with van der Waals surface area (Å²) in [6.07, 6.45) is 0. The summed E-state index contributed by atoms with van der Waals surface area (Å²) in [6, 6.07) is 4.63. The van der Waals surface area contributed by atoms with E-state index in [2.05, 4.69) is 15.1 Å². The molecule has 0 saturated carbocycles. The Bertz CT molecular complexity index is 868. The molecule has 1 aliphatic heterocycles. The van der Waals surface area contributed by atoms with Gasteiger partial charge in [0.25, 0.3) is 5.19 Å². The quantitative estimate of drug-likeness (QED) is 0.692. The molecule has 0 radical (unpaired) electrons. The Morgan fingerprint density at radius 1 is 1.19 bits per heavy atom. The number of hydrogen-bond acceptors (Lipinski definition) is 7. The number of nitrogens with zero attached hydrogens (tertiary/aromatic N) is 4. The minimum atomic E-state index is -3.67. The van der Waals surface area contributed by atoms with Gasteiger partial charge in [-0.15, -0.1) is 10.2 Å². The van der Waals surface area contributed by atoms with E-state index in [1.165, 1.54) is 21.7 Å². The lowest BCUT2D eigenvalue weighted by Crippen LogP contribution is -2.48. The molecule has 0 amide bonds. The van der Waals surface area contributed by atoms with E-state index in [9.17, 15) is 8.42 Å². The van der Waals surface area contributed by atoms with E-state index >= 15 is 0 Å². The Kier molecular flexibility index (Phi) is 6.37. The first-order valence-electron chi connectivity index (χ1n) is 8.03. The molecule has 0 atom stereocenters. The second kappa shape index (κ2) is 8.37. The number of aromatic nitrogens is 2. The third-order valence-corrected chi connectivity index (χ3v) is 7.63. The highest BCUT2D eigenvalue weighted by molar-refractivity contribution is 7.89. The van der Waals surface area contributed by atoms with Gasteiger partial charge in [-0.3, -0.25) is 4.90 Å². The van der Waals surface area contributed by atoms with Gasteiger partial charge in [0, 0.05) is 26.2 Å². The second-order valence-electron chi connectivity index (χ2n) is 5.63. The van der Waals surface area contributed by atoms with E-state index in [0.717, 1.165) is 5.01 Å². The van der Waals surface area contributed by atoms with Crippen molar-refractivity contribution in [2.75, 3.05) is 32.8 Å². The number of benzene rings is 1. The molecule has 26 heavy (non-hydrogen) atoms. The van der Waals surface area contributed by atoms with Crippen molar-refractivity contribution in [1.29, 1.82) is 0 Å². The molecular formula is C15H18Cl2N4O3S2. The maximum atomic E-state index is 12.8. The van der Waals surface area contributed by atoms with E-state index < -0.39 is 10.0 Å². The molecule has 0 spiro atoms. The van der Waals surface area contributed by atoms with Crippen molar-refractivity contribution >= 4 is 44.6 Å². The van der Waals surface area contributed by atoms with Crippen LogP contribution in [0, 0.1) is 0 Å². The van der Waals surface area contributed by atoms with Crippen molar-refractivity contribution in [2.45, 2.75) is 18.4 Å². The predicted molar refractivity (Wildman–Crippen MR) is 102 cm³/mol. The Hall–Kier alpha value is -0.970. The highest BCUT2D eigenvalue weighted by Crippen LogP contribution is 2.31. The van der Waals surface area contributed by atoms with Crippen LogP contribution >= 0.6 is 34.5 Å². The predicted octanol–water partition coefficient (Wildman–Crippen LogP) is 2.75. The monoisotopic (exact) mass is 436 g/mol. The van der Waals surface area contributed by atoms with Crippen LogP contribution in [0.3, 0.4) is 0 Å². The van der Waals surface area contributed by atoms with E-state index in [1.807, 2.05) is 6.92 Å². The first-order chi connectivity index (χ1) is 12.4. The zero-order chi connectivity index (χ0) is 18.7. The van der Waals surface area contributed by atoms with Crippen LogP contribution in [-0.2, 0) is 16.6 Å². The zero-order valence-electron chi connectivity index (χ0n) is 14.1. The summed E-state index contributed by atoms with van der Waals surface area (Å²) in [6.45, 7) is 5.02. The molecule has 1 aromatic heterocycles. The largest absolute Gasteiger partial charge is 0.469 e. The van der Waals surface area contributed by atoms with Crippen LogP contribution in [0.4, 0.5) is 0 Å². The maximum absolute atomic E-state index is 12.8. The van der Waals surface area contributed by atoms with Crippen LogP contribution in [0.1, 0.15) is 11.9 Å². The lowest BCUT2D eigenvalue weighted by Gasteiger charge is -2.33. The van der Waals surface area contributed by atoms with Crippen molar-refractivity contribution < 1.29 is 13.2 Å². The normalized spacial score (nSPS) is 16.7. The third-order valence-electron chi connectivity index (χ3n) is 3.94. The fourth-order valence-corrected chi connectivity index (χ4v) is 5.57. The summed E-state index contributed by atoms with van der Waals surface area (Å²) in [5.74, 6) is 0. The van der Waals surface area contributed by atoms with Gasteiger partial charge in [0.2, 0.25) is 10.0 Å². The summed E-state index contributed by atoms with van der Waals surface area (Å²) >= 11 is 13.4. The van der Waals surface area contributed by atoms with Crippen LogP contribution in [0.15, 0.2) is 23.1 Å². The first kappa shape index (κ1) is 19.8. The molecule has 7 nitrogen and oxygen atoms in total. The maximum Gasteiger partial charge on any atom is 0.294 e. The minimum Gasteiger partial charge on any atom is -0.469 e. The number of sulfonamides is 1. The molecule has 1 aliphatic rings. The molecule has 11 heteroatoms. The topological polar surface area (TPSA) is 75.6 Å². The number of hydrogen-bond donors (Lipinski definition) is 0. The van der Waals surface area contributed by atoms with Gasteiger partial charge in [0.05, 0.1) is 23.2 Å². The lowest BCUT2D eigenvalue weighted by molar-refractivity contribution is 0.181. The van der Waals surface area contributed by atoms with E-state index in [1.54, 1.807) is 12.1 Å². The Morgan fingerprint density at radius 3 is 2.62 bits per heavy atom. The van der Waals surface area contributed by atoms with Crippen LogP contribution in [-0.4, -0.2) is 60.6 Å². The van der Waals surface area contributed by atoms with E-state index in [4.69, 9.17) is 27.9 Å². The number of rotatable bonds is 6. The Morgan fingerprint density at radius 2 is 1.92 bits per heavy atom. The standard InChI is InChI=1S/C15H18Cl2N4O3S2/c1-2-24-15-19-18-13(25-15)10-20-6-8-21(9-7-20)26(22,23)12-5-3-4-11(16)14(12)17/h3-5H,2,6-10H2,1H3. The van der Waals surface area contributed by atoms with Crippen molar-refractivity contribution in [3.05, 3.63) is 33.3 Å². The summed E-state index contributed by atoms with van der Waals surface area (Å²) < 4.78 is 32.4. The van der Waals surface area contributed by atoms with Gasteiger partial charge in [-0.2, -0.15) is 4.31 Å². The smallest absolute Gasteiger partial charge is 0.294 e. The zero-order valence-corrected chi connectivity index (χ0v) is 17.2. The summed E-state index contributed by atoms with van der Waals surface area (Å²) in [5.41, 5.74) is 0. The van der Waals surface area contributed by atoms with Crippen molar-refractivity contribution in [2.24, 2.45) is 0 Å². The van der Waals surface area contributed by atoms with E-state index in [0.29, 0.717) is 44.5 Å². The first-order valence-corrected chi connectivity index (χ1v) is 11.0. The molecule has 0 aliphatic carbocycles. The van der Waals surface area contributed by atoms with Crippen LogP contribution in [0.25, 0.3) is 0 Å². The summed E-state index contributed by atoms with van der Waals surface area (Å²) in [5, 5.41) is 9.77. The number of piperazine rings is 1. The third kappa shape index (κ3) is 4.29. The molecule has 1 aromatic carbocycles. The average molecular weight is 437 g/mol. The minimum absolute atomic E-state index is 0.0468.